The Morgan fingerprint density at radius 2 is 1.89 bits per heavy atom. The van der Waals surface area contributed by atoms with Gasteiger partial charge in [-0.2, -0.15) is 0 Å². The number of ether oxygens (including phenoxy) is 1. The van der Waals surface area contributed by atoms with Crippen molar-refractivity contribution in [1.82, 2.24) is 0 Å². The Hall–Kier alpha value is -2.07. The maximum Gasteiger partial charge on any atom is 0.120 e. The van der Waals surface area contributed by atoms with Gasteiger partial charge in [0.15, 0.2) is 0 Å². The zero-order chi connectivity index (χ0) is 13.8. The second-order valence-electron chi connectivity index (χ2n) is 4.22. The smallest absolute Gasteiger partial charge is 0.120 e. The van der Waals surface area contributed by atoms with Crippen molar-refractivity contribution in [3.8, 4) is 5.75 Å². The number of anilines is 2. The van der Waals surface area contributed by atoms with E-state index < -0.39 is 0 Å². The summed E-state index contributed by atoms with van der Waals surface area (Å²) in [5, 5.41) is 3.35. The summed E-state index contributed by atoms with van der Waals surface area (Å²) < 4.78 is 5.23. The van der Waals surface area contributed by atoms with Crippen LogP contribution in [0.25, 0.3) is 0 Å². The number of nitrogens with one attached hydrogen (secondary N) is 1. The predicted molar refractivity (Wildman–Crippen MR) is 83.3 cm³/mol. The van der Waals surface area contributed by atoms with E-state index in [1.807, 2.05) is 49.4 Å². The molecule has 0 saturated heterocycles. The molecular weight excluding hydrogens is 256 g/mol. The van der Waals surface area contributed by atoms with Crippen LogP contribution in [0.3, 0.4) is 0 Å². The minimum Gasteiger partial charge on any atom is -0.497 e. The lowest BCUT2D eigenvalue weighted by Crippen LogP contribution is -2.12. The molecule has 0 aromatic heterocycles. The van der Waals surface area contributed by atoms with E-state index in [0.717, 1.165) is 28.3 Å². The summed E-state index contributed by atoms with van der Waals surface area (Å²) in [7, 11) is 1.63. The summed E-state index contributed by atoms with van der Waals surface area (Å²) in [6, 6.07) is 13.6. The number of thiocarbonyl (C=S) groups is 1. The Morgan fingerprint density at radius 3 is 2.53 bits per heavy atom. The van der Waals surface area contributed by atoms with Gasteiger partial charge in [0.05, 0.1) is 12.8 Å². The van der Waals surface area contributed by atoms with Crippen LogP contribution in [-0.2, 0) is 0 Å². The molecule has 0 fully saturated rings. The lowest BCUT2D eigenvalue weighted by atomic mass is 10.1. The van der Waals surface area contributed by atoms with E-state index in [1.165, 1.54) is 0 Å². The Balaban J connectivity index is 2.43. The normalized spacial score (nSPS) is 10.0. The third-order valence-electron chi connectivity index (χ3n) is 2.91. The Labute approximate surface area is 118 Å². The fourth-order valence-corrected chi connectivity index (χ4v) is 2.00. The molecule has 19 heavy (non-hydrogen) atoms. The van der Waals surface area contributed by atoms with E-state index in [2.05, 4.69) is 5.32 Å². The highest BCUT2D eigenvalue weighted by Gasteiger charge is 2.08. The molecule has 2 aromatic carbocycles. The van der Waals surface area contributed by atoms with Crippen LogP contribution in [0.4, 0.5) is 11.4 Å². The third-order valence-corrected chi connectivity index (χ3v) is 3.13. The second-order valence-corrected chi connectivity index (χ2v) is 4.66. The van der Waals surface area contributed by atoms with Crippen LogP contribution in [0.5, 0.6) is 5.75 Å². The zero-order valence-electron chi connectivity index (χ0n) is 10.9. The summed E-state index contributed by atoms with van der Waals surface area (Å²) in [6.45, 7) is 2.04. The van der Waals surface area contributed by atoms with Crippen LogP contribution in [-0.4, -0.2) is 12.1 Å². The molecule has 2 rings (SSSR count). The van der Waals surface area contributed by atoms with Crippen molar-refractivity contribution in [3.05, 3.63) is 53.6 Å². The van der Waals surface area contributed by atoms with Crippen LogP contribution in [0.1, 0.15) is 11.1 Å². The lowest BCUT2D eigenvalue weighted by molar-refractivity contribution is 0.415. The summed E-state index contributed by atoms with van der Waals surface area (Å²) in [6.07, 6.45) is 0. The molecule has 0 spiro atoms. The first kappa shape index (κ1) is 13.4. The van der Waals surface area contributed by atoms with Crippen molar-refractivity contribution in [2.24, 2.45) is 5.73 Å². The van der Waals surface area contributed by atoms with E-state index in [-0.39, 0.29) is 0 Å². The maximum atomic E-state index is 5.75. The molecule has 0 atom stereocenters. The van der Waals surface area contributed by atoms with E-state index in [0.29, 0.717) is 4.99 Å². The van der Waals surface area contributed by atoms with Gasteiger partial charge in [-0.3, -0.25) is 0 Å². The van der Waals surface area contributed by atoms with Crippen LogP contribution in [0.2, 0.25) is 0 Å². The molecule has 0 bridgehead atoms. The second kappa shape index (κ2) is 5.71. The Bertz CT molecular complexity index is 611. The number of aryl methyl sites for hydroxylation is 1. The number of nitrogens with two attached hydrogens (primary N) is 1. The molecule has 0 saturated carbocycles. The molecule has 0 aliphatic rings. The average molecular weight is 272 g/mol. The third kappa shape index (κ3) is 3.03. The molecular formula is C15H16N2OS. The maximum absolute atomic E-state index is 5.75. The fraction of sp³-hybridized carbons (Fsp3) is 0.133. The van der Waals surface area contributed by atoms with Crippen LogP contribution in [0.15, 0.2) is 42.5 Å². The van der Waals surface area contributed by atoms with Crippen molar-refractivity contribution in [2.75, 3.05) is 12.4 Å². The standard InChI is InChI=1S/C15H16N2OS/c1-10-5-3-4-6-13(10)17-14-9-11(18-2)7-8-12(14)15(16)19/h3-9,17H,1-2H3,(H2,16,19). The number of benzene rings is 2. The average Bonchev–Trinajstić information content (AvgIpc) is 2.41. The van der Waals surface area contributed by atoms with E-state index in [1.54, 1.807) is 7.11 Å². The molecule has 0 aliphatic heterocycles. The summed E-state index contributed by atoms with van der Waals surface area (Å²) in [4.78, 5) is 0.360. The van der Waals surface area contributed by atoms with Gasteiger partial charge >= 0.3 is 0 Å². The molecule has 3 N–H and O–H groups in total. The first-order valence-corrected chi connectivity index (χ1v) is 6.33. The highest BCUT2D eigenvalue weighted by Crippen LogP contribution is 2.27. The van der Waals surface area contributed by atoms with Gasteiger partial charge in [0.2, 0.25) is 0 Å². The van der Waals surface area contributed by atoms with Gasteiger partial charge in [-0.1, -0.05) is 30.4 Å². The molecule has 0 radical (unpaired) electrons. The highest BCUT2D eigenvalue weighted by molar-refractivity contribution is 7.80. The topological polar surface area (TPSA) is 47.3 Å². The molecule has 0 aliphatic carbocycles. The first-order valence-electron chi connectivity index (χ1n) is 5.92. The van der Waals surface area contributed by atoms with Gasteiger partial charge in [0.1, 0.15) is 10.7 Å². The van der Waals surface area contributed by atoms with Crippen molar-refractivity contribution < 1.29 is 4.74 Å². The summed E-state index contributed by atoms with van der Waals surface area (Å²) in [5.74, 6) is 0.760. The molecule has 2 aromatic rings. The molecule has 0 heterocycles. The van der Waals surface area contributed by atoms with Crippen molar-refractivity contribution >= 4 is 28.6 Å². The van der Waals surface area contributed by atoms with Gasteiger partial charge in [-0.25, -0.2) is 0 Å². The van der Waals surface area contributed by atoms with Gasteiger partial charge in [0.25, 0.3) is 0 Å². The Morgan fingerprint density at radius 1 is 1.16 bits per heavy atom. The van der Waals surface area contributed by atoms with Crippen molar-refractivity contribution in [1.29, 1.82) is 0 Å². The zero-order valence-corrected chi connectivity index (χ0v) is 11.8. The molecule has 4 heteroatoms. The number of hydrogen-bond acceptors (Lipinski definition) is 3. The number of methoxy groups -OCH3 is 1. The number of para-hydroxylation sites is 1. The van der Waals surface area contributed by atoms with Crippen LogP contribution < -0.4 is 15.8 Å². The fourth-order valence-electron chi connectivity index (χ4n) is 1.83. The SMILES string of the molecule is COc1ccc(C(N)=S)c(Nc2ccccc2C)c1. The molecule has 0 unspecified atom stereocenters. The lowest BCUT2D eigenvalue weighted by Gasteiger charge is -2.14. The largest absolute Gasteiger partial charge is 0.497 e. The molecule has 0 amide bonds. The van der Waals surface area contributed by atoms with E-state index in [4.69, 9.17) is 22.7 Å². The van der Waals surface area contributed by atoms with Gasteiger partial charge < -0.3 is 15.8 Å². The van der Waals surface area contributed by atoms with Gasteiger partial charge in [-0.15, -0.1) is 0 Å². The summed E-state index contributed by atoms with van der Waals surface area (Å²) in [5.41, 5.74) is 9.57. The summed E-state index contributed by atoms with van der Waals surface area (Å²) >= 11 is 5.08. The monoisotopic (exact) mass is 272 g/mol. The van der Waals surface area contributed by atoms with Crippen LogP contribution in [0, 0.1) is 6.92 Å². The van der Waals surface area contributed by atoms with Crippen molar-refractivity contribution in [3.63, 3.8) is 0 Å². The number of rotatable bonds is 4. The van der Waals surface area contributed by atoms with Crippen LogP contribution >= 0.6 is 12.2 Å². The van der Waals surface area contributed by atoms with Crippen molar-refractivity contribution in [2.45, 2.75) is 6.92 Å². The Kier molecular flexibility index (Phi) is 4.02. The predicted octanol–water partition coefficient (Wildman–Crippen LogP) is 3.38. The number of hydrogen-bond donors (Lipinski definition) is 2. The first-order chi connectivity index (χ1) is 9.11. The highest BCUT2D eigenvalue weighted by atomic mass is 32.1. The minimum absolute atomic E-state index is 0.360. The van der Waals surface area contributed by atoms with Gasteiger partial charge in [0, 0.05) is 17.3 Å². The van der Waals surface area contributed by atoms with Gasteiger partial charge in [-0.05, 0) is 30.7 Å². The van der Waals surface area contributed by atoms with E-state index >= 15 is 0 Å². The molecule has 98 valence electrons. The minimum atomic E-state index is 0.360. The van der Waals surface area contributed by atoms with E-state index in [9.17, 15) is 0 Å². The quantitative estimate of drug-likeness (QED) is 0.838. The molecule has 3 nitrogen and oxygen atoms in total.